The summed E-state index contributed by atoms with van der Waals surface area (Å²) in [6, 6.07) is 91.0. The normalized spacial score (nSPS) is 12.5. The van der Waals surface area contributed by atoms with E-state index in [1.165, 1.54) is 77.5 Å². The monoisotopic (exact) mass is 763 g/mol. The minimum atomic E-state index is -0.484. The van der Waals surface area contributed by atoms with E-state index in [1.54, 1.807) is 0 Å². The van der Waals surface area contributed by atoms with Gasteiger partial charge in [0.15, 0.2) is 0 Å². The highest BCUT2D eigenvalue weighted by atomic mass is 15.1. The second-order valence-corrected chi connectivity index (χ2v) is 15.6. The first-order chi connectivity index (χ1) is 29.8. The molecule has 11 rings (SSSR count). The lowest BCUT2D eigenvalue weighted by Gasteiger charge is -2.34. The lowest BCUT2D eigenvalue weighted by atomic mass is 9.67. The molecular formula is C59H41N. The summed E-state index contributed by atoms with van der Waals surface area (Å²) in [4.78, 5) is 2.46. The van der Waals surface area contributed by atoms with E-state index in [4.69, 9.17) is 0 Å². The Morgan fingerprint density at radius 2 is 0.783 bits per heavy atom. The van der Waals surface area contributed by atoms with E-state index in [-0.39, 0.29) is 0 Å². The van der Waals surface area contributed by atoms with Gasteiger partial charge < -0.3 is 4.90 Å². The largest absolute Gasteiger partial charge is 0.309 e. The molecule has 60 heavy (non-hydrogen) atoms. The smallest absolute Gasteiger partial charge is 0.0713 e. The fraction of sp³-hybridized carbons (Fsp3) is 0.0169. The second kappa shape index (κ2) is 14.9. The van der Waals surface area contributed by atoms with Gasteiger partial charge in [-0.15, -0.1) is 0 Å². The molecule has 0 aromatic heterocycles. The Hall–Kier alpha value is -7.74. The van der Waals surface area contributed by atoms with Gasteiger partial charge in [-0.3, -0.25) is 0 Å². The molecule has 0 fully saturated rings. The maximum atomic E-state index is 2.46. The predicted octanol–water partition coefficient (Wildman–Crippen LogP) is 15.7. The molecule has 10 aromatic rings. The summed E-state index contributed by atoms with van der Waals surface area (Å²) in [5.41, 5.74) is 17.7. The third kappa shape index (κ3) is 5.78. The summed E-state index contributed by atoms with van der Waals surface area (Å²) >= 11 is 0. The van der Waals surface area contributed by atoms with Gasteiger partial charge in [0, 0.05) is 16.6 Å². The van der Waals surface area contributed by atoms with Gasteiger partial charge in [-0.25, -0.2) is 0 Å². The highest BCUT2D eigenvalue weighted by molar-refractivity contribution is 6.04. The Labute approximate surface area is 352 Å². The van der Waals surface area contributed by atoms with E-state index in [2.05, 4.69) is 254 Å². The van der Waals surface area contributed by atoms with Crippen molar-refractivity contribution in [2.45, 2.75) is 5.41 Å². The number of benzene rings is 10. The van der Waals surface area contributed by atoms with Crippen molar-refractivity contribution in [3.05, 3.63) is 271 Å². The van der Waals surface area contributed by atoms with E-state index in [9.17, 15) is 0 Å². The molecule has 0 N–H and O–H groups in total. The molecule has 0 heterocycles. The van der Waals surface area contributed by atoms with Crippen LogP contribution in [0.1, 0.15) is 22.3 Å². The van der Waals surface area contributed by atoms with E-state index in [0.29, 0.717) is 0 Å². The van der Waals surface area contributed by atoms with Gasteiger partial charge in [0.2, 0.25) is 0 Å². The van der Waals surface area contributed by atoms with Crippen molar-refractivity contribution < 1.29 is 0 Å². The van der Waals surface area contributed by atoms with Gasteiger partial charge >= 0.3 is 0 Å². The van der Waals surface area contributed by atoms with E-state index >= 15 is 0 Å². The van der Waals surface area contributed by atoms with Crippen LogP contribution < -0.4 is 4.90 Å². The van der Waals surface area contributed by atoms with Crippen LogP contribution in [0.5, 0.6) is 0 Å². The molecule has 10 aromatic carbocycles. The number of anilines is 3. The number of hydrogen-bond donors (Lipinski definition) is 0. The van der Waals surface area contributed by atoms with Crippen LogP contribution >= 0.6 is 0 Å². The minimum Gasteiger partial charge on any atom is -0.309 e. The van der Waals surface area contributed by atoms with Crippen LogP contribution in [0.4, 0.5) is 17.1 Å². The van der Waals surface area contributed by atoms with Gasteiger partial charge in [0.25, 0.3) is 0 Å². The molecule has 1 aliphatic carbocycles. The third-order valence-electron chi connectivity index (χ3n) is 12.4. The first kappa shape index (κ1) is 35.4. The molecule has 0 saturated heterocycles. The molecule has 0 spiro atoms. The molecule has 0 radical (unpaired) electrons. The van der Waals surface area contributed by atoms with Crippen LogP contribution in [0.2, 0.25) is 0 Å². The van der Waals surface area contributed by atoms with Gasteiger partial charge in [0.05, 0.1) is 16.8 Å². The van der Waals surface area contributed by atoms with E-state index in [0.717, 1.165) is 17.1 Å². The number of nitrogens with zero attached hydrogens (tertiary/aromatic N) is 1. The Bertz CT molecular complexity index is 3090. The molecule has 1 aliphatic rings. The van der Waals surface area contributed by atoms with Gasteiger partial charge in [0.1, 0.15) is 0 Å². The highest BCUT2D eigenvalue weighted by Gasteiger charge is 2.46. The van der Waals surface area contributed by atoms with Crippen LogP contribution in [0.25, 0.3) is 55.3 Å². The molecule has 1 heteroatoms. The van der Waals surface area contributed by atoms with Crippen LogP contribution in [0.3, 0.4) is 0 Å². The molecule has 0 bridgehead atoms. The summed E-state index contributed by atoms with van der Waals surface area (Å²) in [5, 5.41) is 2.40. The maximum absolute atomic E-state index is 2.46. The Morgan fingerprint density at radius 3 is 1.52 bits per heavy atom. The number of fused-ring (bicyclic) bond motifs is 4. The zero-order chi connectivity index (χ0) is 39.9. The average Bonchev–Trinajstić information content (AvgIpc) is 3.64. The first-order valence-corrected chi connectivity index (χ1v) is 20.8. The van der Waals surface area contributed by atoms with Crippen LogP contribution in [0.15, 0.2) is 249 Å². The summed E-state index contributed by atoms with van der Waals surface area (Å²) in [6.45, 7) is 0. The summed E-state index contributed by atoms with van der Waals surface area (Å²) < 4.78 is 0. The zero-order valence-corrected chi connectivity index (χ0v) is 33.1. The Morgan fingerprint density at radius 1 is 0.300 bits per heavy atom. The Kier molecular flexibility index (Phi) is 8.79. The molecule has 282 valence electrons. The van der Waals surface area contributed by atoms with Gasteiger partial charge in [-0.2, -0.15) is 0 Å². The van der Waals surface area contributed by atoms with Crippen molar-refractivity contribution in [2.75, 3.05) is 4.90 Å². The molecule has 0 atom stereocenters. The van der Waals surface area contributed by atoms with Crippen LogP contribution in [-0.4, -0.2) is 0 Å². The molecule has 0 amide bonds. The molecule has 0 unspecified atom stereocenters. The van der Waals surface area contributed by atoms with Gasteiger partial charge in [-0.05, 0) is 96.9 Å². The third-order valence-corrected chi connectivity index (χ3v) is 12.4. The quantitative estimate of drug-likeness (QED) is 0.149. The number of rotatable bonds is 8. The Balaban J connectivity index is 1.12. The van der Waals surface area contributed by atoms with Crippen molar-refractivity contribution in [3.8, 4) is 44.5 Å². The molecule has 0 aliphatic heterocycles. The van der Waals surface area contributed by atoms with E-state index in [1.807, 2.05) is 0 Å². The van der Waals surface area contributed by atoms with Crippen molar-refractivity contribution in [3.63, 3.8) is 0 Å². The summed E-state index contributed by atoms with van der Waals surface area (Å²) in [6.07, 6.45) is 0. The lowest BCUT2D eigenvalue weighted by Crippen LogP contribution is -2.28. The average molecular weight is 764 g/mol. The fourth-order valence-corrected chi connectivity index (χ4v) is 9.74. The second-order valence-electron chi connectivity index (χ2n) is 15.6. The highest BCUT2D eigenvalue weighted by Crippen LogP contribution is 2.59. The van der Waals surface area contributed by atoms with Crippen LogP contribution in [0, 0.1) is 0 Å². The zero-order valence-electron chi connectivity index (χ0n) is 33.1. The van der Waals surface area contributed by atoms with Crippen LogP contribution in [-0.2, 0) is 5.41 Å². The first-order valence-electron chi connectivity index (χ1n) is 20.8. The van der Waals surface area contributed by atoms with Gasteiger partial charge in [-0.1, -0.05) is 218 Å². The maximum Gasteiger partial charge on any atom is 0.0713 e. The lowest BCUT2D eigenvalue weighted by molar-refractivity contribution is 0.768. The van der Waals surface area contributed by atoms with Crippen molar-refractivity contribution >= 4 is 27.8 Å². The molecule has 0 saturated carbocycles. The number of para-hydroxylation sites is 1. The molecule has 1 nitrogen and oxygen atoms in total. The minimum absolute atomic E-state index is 0.484. The van der Waals surface area contributed by atoms with E-state index < -0.39 is 5.41 Å². The fourth-order valence-electron chi connectivity index (χ4n) is 9.74. The van der Waals surface area contributed by atoms with Crippen molar-refractivity contribution in [1.29, 1.82) is 0 Å². The summed E-state index contributed by atoms with van der Waals surface area (Å²) in [7, 11) is 0. The topological polar surface area (TPSA) is 3.24 Å². The predicted molar refractivity (Wildman–Crippen MR) is 252 cm³/mol. The van der Waals surface area contributed by atoms with Crippen molar-refractivity contribution in [2.24, 2.45) is 0 Å². The summed E-state index contributed by atoms with van der Waals surface area (Å²) in [5.74, 6) is 0. The molecular weight excluding hydrogens is 723 g/mol. The SMILES string of the molecule is c1ccc(-c2cccc(-c3ccc(N(c4ccccc4-c4cccc5c4-c4ccccc4C5(c4ccccc4)c4ccccc4)c4cccc5ccccc45)cc3)c2)cc1. The number of hydrogen-bond acceptors (Lipinski definition) is 1. The standard InChI is InChI=1S/C59H41N/c1-4-19-42(20-5-1)45-23-16-24-46(41-45)43-37-39-49(40-38-43)60(56-36-17-22-44-21-10-11-29-50(44)56)57-35-15-13-30-51(57)52-32-18-34-55-58(52)53-31-12-14-33-54(53)59(55,47-25-6-2-7-26-47)48-27-8-3-9-28-48/h1-41H. The van der Waals surface area contributed by atoms with Crippen molar-refractivity contribution in [1.82, 2.24) is 0 Å².